The third kappa shape index (κ3) is 12.5. The van der Waals surface area contributed by atoms with Crippen LogP contribution in [-0.2, 0) is 24.0 Å². The molecular weight excluding hydrogens is 243 g/mol. The molecule has 0 aliphatic heterocycles. The Hall–Kier alpha value is 0.215. The van der Waals surface area contributed by atoms with Crippen molar-refractivity contribution in [2.75, 3.05) is 25.6 Å². The Morgan fingerprint density at radius 2 is 1.65 bits per heavy atom. The second kappa shape index (κ2) is 10.2. The highest BCUT2D eigenvalue weighted by atomic mass is 32.2. The van der Waals surface area contributed by atoms with Gasteiger partial charge in [0.2, 0.25) is 0 Å². The van der Waals surface area contributed by atoms with E-state index in [0.29, 0.717) is 19.8 Å². The van der Waals surface area contributed by atoms with Gasteiger partial charge in [0, 0.05) is 17.1 Å². The molecule has 0 aliphatic rings. The average Bonchev–Trinajstić information content (AvgIpc) is 2.23. The van der Waals surface area contributed by atoms with E-state index >= 15 is 0 Å². The van der Waals surface area contributed by atoms with E-state index in [4.69, 9.17) is 24.0 Å². The summed E-state index contributed by atoms with van der Waals surface area (Å²) in [5, 5.41) is 0. The molecule has 0 bridgehead atoms. The smallest absolute Gasteiger partial charge is 0.383 e. The molecule has 0 atom stereocenters. The van der Waals surface area contributed by atoms with Crippen LogP contribution in [0.3, 0.4) is 0 Å². The van der Waals surface area contributed by atoms with Gasteiger partial charge in [0.15, 0.2) is 0 Å². The Morgan fingerprint density at radius 1 is 1.00 bits per heavy atom. The molecule has 0 radical (unpaired) electrons. The number of hydrogen-bond acceptors (Lipinski definition) is 6. The van der Waals surface area contributed by atoms with Gasteiger partial charge in [0.1, 0.15) is 0 Å². The first-order chi connectivity index (χ1) is 7.99. The molecule has 0 spiro atoms. The fourth-order valence-electron chi connectivity index (χ4n) is 0.817. The summed E-state index contributed by atoms with van der Waals surface area (Å²) in [5.74, 6) is 0.844. The summed E-state index contributed by atoms with van der Waals surface area (Å²) in [6, 6.07) is 0. The minimum atomic E-state index is -0.931. The number of hydrogen-bond donors (Lipinski definition) is 0. The van der Waals surface area contributed by atoms with E-state index in [0.717, 1.165) is 5.75 Å². The summed E-state index contributed by atoms with van der Waals surface area (Å²) in [4.78, 5) is 19.4. The Kier molecular flexibility index (Phi) is 10.3. The van der Waals surface area contributed by atoms with Crippen LogP contribution in [0.15, 0.2) is 0 Å². The zero-order chi connectivity index (χ0) is 13.1. The maximum absolute atomic E-state index is 5.09. The van der Waals surface area contributed by atoms with E-state index in [1.165, 1.54) is 0 Å². The highest BCUT2D eigenvalue weighted by Gasteiger charge is 2.24. The zero-order valence-corrected chi connectivity index (χ0v) is 12.2. The molecule has 0 saturated carbocycles. The van der Waals surface area contributed by atoms with Crippen LogP contribution in [-0.4, -0.2) is 37.6 Å². The first kappa shape index (κ1) is 17.2. The molecule has 0 unspecified atom stereocenters. The van der Waals surface area contributed by atoms with Crippen molar-refractivity contribution in [1.82, 2.24) is 0 Å². The lowest BCUT2D eigenvalue weighted by Gasteiger charge is -2.17. The molecule has 0 saturated heterocycles. The fourth-order valence-corrected chi connectivity index (χ4v) is 1.58. The summed E-state index contributed by atoms with van der Waals surface area (Å²) in [7, 11) is -0.931. The van der Waals surface area contributed by atoms with Crippen molar-refractivity contribution in [2.24, 2.45) is 0 Å². The average molecular weight is 266 g/mol. The van der Waals surface area contributed by atoms with Crippen LogP contribution in [0, 0.1) is 0 Å². The van der Waals surface area contributed by atoms with Gasteiger partial charge in [-0.3, -0.25) is 0 Å². The summed E-state index contributed by atoms with van der Waals surface area (Å²) < 4.78 is 5.32. The van der Waals surface area contributed by atoms with Crippen molar-refractivity contribution in [2.45, 2.75) is 39.4 Å². The van der Waals surface area contributed by atoms with Gasteiger partial charge in [0.25, 0.3) is 0 Å². The molecule has 102 valence electrons. The molecule has 17 heavy (non-hydrogen) atoms. The summed E-state index contributed by atoms with van der Waals surface area (Å²) in [6.07, 6.45) is 0. The first-order valence-corrected chi connectivity index (χ1v) is 6.80. The van der Waals surface area contributed by atoms with E-state index in [9.17, 15) is 0 Å². The van der Waals surface area contributed by atoms with Crippen molar-refractivity contribution in [1.29, 1.82) is 0 Å². The molecule has 0 rings (SSSR count). The normalized spacial score (nSPS) is 11.8. The third-order valence-electron chi connectivity index (χ3n) is 1.42. The lowest BCUT2D eigenvalue weighted by molar-refractivity contribution is -0.297. The summed E-state index contributed by atoms with van der Waals surface area (Å²) in [6.45, 7) is 11.5. The first-order valence-electron chi connectivity index (χ1n) is 5.81. The van der Waals surface area contributed by atoms with E-state index in [1.807, 2.05) is 13.8 Å². The molecular formula is C10H23BO5S. The largest absolute Gasteiger partial charge is 0.696 e. The second-order valence-electron chi connectivity index (χ2n) is 4.13. The van der Waals surface area contributed by atoms with Gasteiger partial charge >= 0.3 is 7.32 Å². The van der Waals surface area contributed by atoms with Crippen LogP contribution in [0.25, 0.3) is 0 Å². The van der Waals surface area contributed by atoms with Crippen molar-refractivity contribution in [3.63, 3.8) is 0 Å². The van der Waals surface area contributed by atoms with Crippen molar-refractivity contribution in [3.05, 3.63) is 0 Å². The lowest BCUT2D eigenvalue weighted by atomic mass is 10.2. The van der Waals surface area contributed by atoms with Crippen molar-refractivity contribution in [3.8, 4) is 0 Å². The maximum atomic E-state index is 5.09. The molecule has 0 aromatic carbocycles. The zero-order valence-electron chi connectivity index (χ0n) is 11.4. The molecule has 0 aromatic rings. The molecule has 0 fully saturated rings. The maximum Gasteiger partial charge on any atom is 0.696 e. The van der Waals surface area contributed by atoms with Gasteiger partial charge in [0.05, 0.1) is 13.2 Å². The van der Waals surface area contributed by atoms with Crippen LogP contribution in [0.2, 0.25) is 0 Å². The van der Waals surface area contributed by atoms with Crippen LogP contribution < -0.4 is 0 Å². The van der Waals surface area contributed by atoms with Gasteiger partial charge < -0.3 is 4.65 Å². The topological polar surface area (TPSA) is 46.2 Å². The van der Waals surface area contributed by atoms with Crippen molar-refractivity contribution < 1.29 is 24.0 Å². The van der Waals surface area contributed by atoms with Crippen molar-refractivity contribution >= 4 is 19.1 Å². The van der Waals surface area contributed by atoms with Crippen LogP contribution in [0.1, 0.15) is 34.6 Å². The number of rotatable bonds is 10. The molecule has 7 heteroatoms. The SMILES string of the molecule is CCOOB(OCC)OOCCSC(C)(C)C. The summed E-state index contributed by atoms with van der Waals surface area (Å²) >= 11 is 1.80. The molecule has 0 heterocycles. The van der Waals surface area contributed by atoms with E-state index < -0.39 is 7.32 Å². The molecule has 0 N–H and O–H groups in total. The predicted molar refractivity (Wildman–Crippen MR) is 69.3 cm³/mol. The summed E-state index contributed by atoms with van der Waals surface area (Å²) in [5.41, 5.74) is 0. The highest BCUT2D eigenvalue weighted by molar-refractivity contribution is 8.00. The van der Waals surface area contributed by atoms with Gasteiger partial charge in [-0.1, -0.05) is 20.8 Å². The standard InChI is InChI=1S/C10H23BO5S/c1-6-12-11(15-13-7-2)16-14-8-9-17-10(3,4)5/h6-9H2,1-5H3. The molecule has 0 amide bonds. The van der Waals surface area contributed by atoms with Gasteiger partial charge in [-0.15, -0.1) is 0 Å². The van der Waals surface area contributed by atoms with Crippen LogP contribution >= 0.6 is 11.8 Å². The van der Waals surface area contributed by atoms with Crippen LogP contribution in [0.5, 0.6) is 0 Å². The van der Waals surface area contributed by atoms with Crippen LogP contribution in [0.4, 0.5) is 0 Å². The molecule has 5 nitrogen and oxygen atoms in total. The van der Waals surface area contributed by atoms with Gasteiger partial charge in [-0.25, -0.2) is 19.4 Å². The monoisotopic (exact) mass is 266 g/mol. The fraction of sp³-hybridized carbons (Fsp3) is 1.00. The molecule has 0 aliphatic carbocycles. The van der Waals surface area contributed by atoms with E-state index in [2.05, 4.69) is 20.8 Å². The minimum absolute atomic E-state index is 0.227. The lowest BCUT2D eigenvalue weighted by Crippen LogP contribution is -2.28. The van der Waals surface area contributed by atoms with E-state index in [1.54, 1.807) is 11.8 Å². The van der Waals surface area contributed by atoms with Gasteiger partial charge in [-0.05, 0) is 13.8 Å². The van der Waals surface area contributed by atoms with Gasteiger partial charge in [-0.2, -0.15) is 11.8 Å². The van der Waals surface area contributed by atoms with E-state index in [-0.39, 0.29) is 4.75 Å². The quantitative estimate of drug-likeness (QED) is 0.262. The Morgan fingerprint density at radius 3 is 2.18 bits per heavy atom. The Balaban J connectivity index is 3.53. The minimum Gasteiger partial charge on any atom is -0.383 e. The third-order valence-corrected chi connectivity index (χ3v) is 2.65. The molecule has 0 aromatic heterocycles. The Bertz CT molecular complexity index is 177. The Labute approximate surface area is 109 Å². The highest BCUT2D eigenvalue weighted by Crippen LogP contribution is 2.22. The predicted octanol–water partition coefficient (Wildman–Crippen LogP) is 2.46. The number of thioether (sulfide) groups is 1. The second-order valence-corrected chi connectivity index (χ2v) is 6.05.